The summed E-state index contributed by atoms with van der Waals surface area (Å²) in [6.07, 6.45) is -3.10. The number of phenolic OH excluding ortho intramolecular Hbond substituents is 2. The number of hydrogen-bond donors (Lipinski definition) is 9. The molecule has 4 amide bonds. The highest BCUT2D eigenvalue weighted by molar-refractivity contribution is 7.90. The Kier molecular flexibility index (Phi) is 19.7. The second kappa shape index (κ2) is 26.4. The maximum absolute atomic E-state index is 14.2. The van der Waals surface area contributed by atoms with E-state index in [0.29, 0.717) is 39.2 Å². The number of ether oxygens (including phenoxy) is 7. The number of rotatable bonds is 25. The van der Waals surface area contributed by atoms with Crippen LogP contribution in [0.1, 0.15) is 104 Å². The molecule has 28 heteroatoms. The molecule has 0 radical (unpaired) electrons. The molecular weight excluding hydrogens is 1080 g/mol. The highest BCUT2D eigenvalue weighted by atomic mass is 32.2. The first kappa shape index (κ1) is 60.3. The normalized spacial score (nSPS) is 23.9. The van der Waals surface area contributed by atoms with E-state index >= 15 is 0 Å². The zero-order chi connectivity index (χ0) is 58.2. The lowest BCUT2D eigenvalue weighted by Gasteiger charge is -2.43. The SMILES string of the molecule is COc1cccc2c1C(=O)c1c(O)c3c(c(O)c1C2=O)C[C@@](O)(C(=O)NCCCNCCCNCOCCNC(=O)CNC(=O)CCNC(=O)c1ccc(C#N)c(S(C)(=O)=O)n1)C[C@@H]3O[C@H]1C[C@H]2[C@H](O[C@@H]3[C@@H](OC)OCCN32)[C@H](C)O1. The lowest BCUT2D eigenvalue weighted by atomic mass is 9.72. The van der Waals surface area contributed by atoms with Gasteiger partial charge in [0.25, 0.3) is 11.8 Å². The van der Waals surface area contributed by atoms with Gasteiger partial charge in [0.1, 0.15) is 40.7 Å². The monoisotopic (exact) mass is 1150 g/mol. The van der Waals surface area contributed by atoms with Gasteiger partial charge in [-0.25, -0.2) is 13.4 Å². The minimum absolute atomic E-state index is 0.0492. The summed E-state index contributed by atoms with van der Waals surface area (Å²) < 4.78 is 65.4. The van der Waals surface area contributed by atoms with Crippen LogP contribution >= 0.6 is 0 Å². The molecule has 2 aliphatic carbocycles. The molecule has 2 aromatic carbocycles. The van der Waals surface area contributed by atoms with E-state index < -0.39 is 122 Å². The van der Waals surface area contributed by atoms with Gasteiger partial charge in [-0.1, -0.05) is 12.1 Å². The molecule has 81 heavy (non-hydrogen) atoms. The van der Waals surface area contributed by atoms with Crippen molar-refractivity contribution in [3.05, 3.63) is 75.0 Å². The van der Waals surface area contributed by atoms with E-state index in [9.17, 15) is 52.5 Å². The summed E-state index contributed by atoms with van der Waals surface area (Å²) in [5.74, 6) is -5.21. The number of phenols is 2. The molecule has 8 atom stereocenters. The van der Waals surface area contributed by atoms with Gasteiger partial charge in [0.2, 0.25) is 17.6 Å². The van der Waals surface area contributed by atoms with Crippen LogP contribution < -0.4 is 36.6 Å². The average molecular weight is 1150 g/mol. The van der Waals surface area contributed by atoms with Crippen LogP contribution in [-0.4, -0.2) is 204 Å². The molecule has 3 saturated heterocycles. The summed E-state index contributed by atoms with van der Waals surface area (Å²) in [5, 5.41) is 61.7. The third-order valence-corrected chi connectivity index (χ3v) is 15.6. The van der Waals surface area contributed by atoms with Gasteiger partial charge >= 0.3 is 0 Å². The zero-order valence-corrected chi connectivity index (χ0v) is 46.0. The fourth-order valence-electron chi connectivity index (χ4n) is 10.7. The van der Waals surface area contributed by atoms with E-state index in [1.807, 2.05) is 6.92 Å². The standard InChI is InChI=1S/C53H67N9O18S/c1-28-47-33(62-19-21-77-51(75-3)50(62)80-47)22-38(78-28)79-35-24-53(71,23-31-40(35)46(68)42-41(44(31)66)43(65)30-8-5-9-34(74-2)39(30)45(42)67)52(70)59-16-7-14-55-13-6-15-56-27-76-20-18-57-37(64)26-60-36(63)12-17-58-48(69)32-11-10-29(25-54)49(61-32)81(4,72)73/h5,8-11,28,33,35,38,47,50-51,55-56,66,68,71H,6-7,12-24,26-27H2,1-4H3,(H,57,64)(H,58,69)(H,59,70)(H,60,63)/t28-,33-,35-,38-,47+,50+,51-,53-/m0/s1. The van der Waals surface area contributed by atoms with Crippen LogP contribution in [0.2, 0.25) is 0 Å². The van der Waals surface area contributed by atoms with Crippen LogP contribution in [0.3, 0.4) is 0 Å². The number of carbonyl (C=O) groups is 6. The van der Waals surface area contributed by atoms with Gasteiger partial charge in [0.15, 0.2) is 39.5 Å². The average Bonchev–Trinajstić information content (AvgIpc) is 3.92. The first-order valence-corrected chi connectivity index (χ1v) is 28.4. The van der Waals surface area contributed by atoms with E-state index in [-0.39, 0.29) is 104 Å². The first-order chi connectivity index (χ1) is 38.8. The minimum atomic E-state index is -3.87. The number of nitrogens with one attached hydrogen (secondary N) is 6. The van der Waals surface area contributed by atoms with Gasteiger partial charge in [-0.2, -0.15) is 5.26 Å². The summed E-state index contributed by atoms with van der Waals surface area (Å²) in [5.41, 5.74) is -3.89. The Morgan fingerprint density at radius 1 is 0.901 bits per heavy atom. The van der Waals surface area contributed by atoms with Crippen molar-refractivity contribution in [2.24, 2.45) is 0 Å². The minimum Gasteiger partial charge on any atom is -0.507 e. The third kappa shape index (κ3) is 13.5. The lowest BCUT2D eigenvalue weighted by molar-refractivity contribution is -0.256. The van der Waals surface area contributed by atoms with Gasteiger partial charge in [0.05, 0.1) is 68.1 Å². The topological polar surface area (TPSA) is 374 Å². The van der Waals surface area contributed by atoms with Crippen molar-refractivity contribution in [1.82, 2.24) is 41.8 Å². The number of ketones is 2. The summed E-state index contributed by atoms with van der Waals surface area (Å²) in [6, 6.07) is 8.31. The molecular formula is C53H67N9O18S. The zero-order valence-electron chi connectivity index (χ0n) is 45.2. The molecule has 0 bridgehead atoms. The fourth-order valence-corrected chi connectivity index (χ4v) is 11.4. The molecule has 27 nitrogen and oxygen atoms in total. The Hall–Kier alpha value is -6.75. The third-order valence-electron chi connectivity index (χ3n) is 14.5. The number of sulfone groups is 1. The van der Waals surface area contributed by atoms with Crippen LogP contribution in [0, 0.1) is 11.3 Å². The molecule has 3 fully saturated rings. The van der Waals surface area contributed by atoms with Crippen molar-refractivity contribution in [2.45, 2.75) is 99.2 Å². The molecule has 8 rings (SSSR count). The summed E-state index contributed by atoms with van der Waals surface area (Å²) in [4.78, 5) is 85.0. The summed E-state index contributed by atoms with van der Waals surface area (Å²) >= 11 is 0. The van der Waals surface area contributed by atoms with E-state index in [2.05, 4.69) is 41.8 Å². The number of aromatic nitrogens is 1. The number of aromatic hydroxyl groups is 2. The number of benzene rings is 2. The molecule has 0 spiro atoms. The van der Waals surface area contributed by atoms with Crippen LogP contribution in [-0.2, 0) is 59.1 Å². The largest absolute Gasteiger partial charge is 0.507 e. The Morgan fingerprint density at radius 2 is 1.65 bits per heavy atom. The van der Waals surface area contributed by atoms with E-state index in [1.165, 1.54) is 44.6 Å². The molecule has 9 N–H and O–H groups in total. The van der Waals surface area contributed by atoms with Gasteiger partial charge in [0, 0.05) is 88.0 Å². The van der Waals surface area contributed by atoms with Gasteiger partial charge in [-0.05, 0) is 57.6 Å². The summed E-state index contributed by atoms with van der Waals surface area (Å²) in [6.45, 7) is 4.80. The van der Waals surface area contributed by atoms with E-state index in [1.54, 1.807) is 6.07 Å². The Morgan fingerprint density at radius 3 is 2.40 bits per heavy atom. The summed E-state index contributed by atoms with van der Waals surface area (Å²) in [7, 11) is -0.990. The molecule has 0 saturated carbocycles. The number of methoxy groups -OCH3 is 2. The second-order valence-corrected chi connectivity index (χ2v) is 22.0. The van der Waals surface area contributed by atoms with Crippen molar-refractivity contribution in [2.75, 3.05) is 92.8 Å². The lowest BCUT2D eigenvalue weighted by Crippen LogP contribution is -2.55. The van der Waals surface area contributed by atoms with Crippen molar-refractivity contribution in [3.63, 3.8) is 0 Å². The number of amides is 4. The number of nitriles is 1. The van der Waals surface area contributed by atoms with E-state index in [0.717, 1.165) is 12.7 Å². The van der Waals surface area contributed by atoms with Crippen LogP contribution in [0.5, 0.6) is 17.2 Å². The predicted octanol–water partition coefficient (Wildman–Crippen LogP) is -1.08. The van der Waals surface area contributed by atoms with Crippen molar-refractivity contribution in [1.29, 1.82) is 5.26 Å². The maximum Gasteiger partial charge on any atom is 0.269 e. The Balaban J connectivity index is 0.754. The fraction of sp³-hybridized carbons (Fsp3) is 0.547. The molecule has 3 aromatic rings. The van der Waals surface area contributed by atoms with Crippen molar-refractivity contribution in [3.8, 4) is 23.3 Å². The molecule has 4 heterocycles. The molecule has 1 aromatic heterocycles. The molecule has 3 aliphatic heterocycles. The van der Waals surface area contributed by atoms with Gasteiger partial charge in [-0.15, -0.1) is 0 Å². The van der Waals surface area contributed by atoms with Crippen LogP contribution in [0.25, 0.3) is 0 Å². The van der Waals surface area contributed by atoms with Crippen molar-refractivity contribution < 1.29 is 85.7 Å². The highest BCUT2D eigenvalue weighted by Gasteiger charge is 2.55. The Labute approximate surface area is 466 Å². The second-order valence-electron chi connectivity index (χ2n) is 20.0. The first-order valence-electron chi connectivity index (χ1n) is 26.5. The predicted molar refractivity (Wildman–Crippen MR) is 281 cm³/mol. The number of carbonyl (C=O) groups excluding carboxylic acids is 6. The number of hydrogen-bond acceptors (Lipinski definition) is 23. The quantitative estimate of drug-likeness (QED) is 0.0217. The highest BCUT2D eigenvalue weighted by Crippen LogP contribution is 2.53. The van der Waals surface area contributed by atoms with Crippen molar-refractivity contribution >= 4 is 45.0 Å². The number of fused-ring (bicyclic) bond motifs is 6. The van der Waals surface area contributed by atoms with Crippen LogP contribution in [0.4, 0.5) is 0 Å². The van der Waals surface area contributed by atoms with Gasteiger partial charge in [-0.3, -0.25) is 39.0 Å². The molecule has 5 aliphatic rings. The molecule has 0 unspecified atom stereocenters. The molecule has 438 valence electrons. The Bertz CT molecular complexity index is 3050. The number of aliphatic hydroxyl groups is 1. The smallest absolute Gasteiger partial charge is 0.269 e. The van der Waals surface area contributed by atoms with Gasteiger partial charge < -0.3 is 75.1 Å². The number of nitrogens with zero attached hydrogens (tertiary/aromatic N) is 3. The van der Waals surface area contributed by atoms with E-state index in [4.69, 9.17) is 38.4 Å². The van der Waals surface area contributed by atoms with Crippen LogP contribution in [0.15, 0.2) is 35.4 Å². The number of pyridine rings is 1. The number of morpholine rings is 1. The maximum atomic E-state index is 14.2.